The van der Waals surface area contributed by atoms with Crippen LogP contribution < -0.4 is 9.64 Å². The van der Waals surface area contributed by atoms with Gasteiger partial charge in [-0.2, -0.15) is 0 Å². The third-order valence-corrected chi connectivity index (χ3v) is 4.74. The first kappa shape index (κ1) is 16.6. The van der Waals surface area contributed by atoms with Crippen molar-refractivity contribution in [3.8, 4) is 5.75 Å². The summed E-state index contributed by atoms with van der Waals surface area (Å²) in [6, 6.07) is 11.9. The van der Waals surface area contributed by atoms with E-state index < -0.39 is 0 Å². The van der Waals surface area contributed by atoms with Gasteiger partial charge in [0, 0.05) is 18.1 Å². The number of ether oxygens (including phenoxy) is 1. The summed E-state index contributed by atoms with van der Waals surface area (Å²) in [6.07, 6.45) is 0.461. The predicted molar refractivity (Wildman–Crippen MR) is 95.7 cm³/mol. The van der Waals surface area contributed by atoms with Crippen LogP contribution in [0.25, 0.3) is 0 Å². The van der Waals surface area contributed by atoms with Gasteiger partial charge in [0.2, 0.25) is 0 Å². The molecule has 0 fully saturated rings. The van der Waals surface area contributed by atoms with E-state index in [2.05, 4.69) is 0 Å². The lowest BCUT2D eigenvalue weighted by Crippen LogP contribution is -2.41. The fourth-order valence-electron chi connectivity index (χ4n) is 3.25. The van der Waals surface area contributed by atoms with Gasteiger partial charge in [0.15, 0.2) is 6.61 Å². The molecule has 2 aromatic rings. The second-order valence-corrected chi connectivity index (χ2v) is 6.54. The molecule has 26 heavy (non-hydrogen) atoms. The van der Waals surface area contributed by atoms with Gasteiger partial charge in [-0.05, 0) is 36.8 Å². The van der Waals surface area contributed by atoms with Gasteiger partial charge >= 0.3 is 0 Å². The van der Waals surface area contributed by atoms with E-state index in [9.17, 15) is 14.4 Å². The van der Waals surface area contributed by atoms with Gasteiger partial charge in [-0.1, -0.05) is 23.7 Å². The molecule has 4 rings (SSSR count). The van der Waals surface area contributed by atoms with Crippen LogP contribution in [0.15, 0.2) is 42.5 Å². The van der Waals surface area contributed by atoms with E-state index in [0.29, 0.717) is 40.6 Å². The number of amides is 3. The average molecular weight is 371 g/mol. The van der Waals surface area contributed by atoms with Crippen molar-refractivity contribution in [2.45, 2.75) is 6.42 Å². The highest BCUT2D eigenvalue weighted by atomic mass is 35.5. The molecule has 2 aromatic carbocycles. The average Bonchev–Trinajstić information content (AvgIpc) is 2.88. The van der Waals surface area contributed by atoms with Gasteiger partial charge in [0.05, 0.1) is 16.8 Å². The van der Waals surface area contributed by atoms with Gasteiger partial charge < -0.3 is 9.64 Å². The van der Waals surface area contributed by atoms with Crippen LogP contribution in [0.3, 0.4) is 0 Å². The third kappa shape index (κ3) is 2.72. The Morgan fingerprint density at radius 2 is 1.58 bits per heavy atom. The molecule has 0 N–H and O–H groups in total. The molecule has 0 radical (unpaired) electrons. The molecule has 3 amide bonds. The molecule has 2 aliphatic heterocycles. The van der Waals surface area contributed by atoms with Crippen molar-refractivity contribution < 1.29 is 19.1 Å². The zero-order chi connectivity index (χ0) is 18.3. The summed E-state index contributed by atoms with van der Waals surface area (Å²) in [5.41, 5.74) is 1.46. The molecule has 0 atom stereocenters. The Morgan fingerprint density at radius 1 is 0.923 bits per heavy atom. The minimum Gasteiger partial charge on any atom is -0.482 e. The van der Waals surface area contributed by atoms with E-state index in [-0.39, 0.29) is 30.9 Å². The summed E-state index contributed by atoms with van der Waals surface area (Å²) < 4.78 is 5.41. The van der Waals surface area contributed by atoms with Crippen LogP contribution in [0.5, 0.6) is 5.75 Å². The second-order valence-electron chi connectivity index (χ2n) is 6.11. The molecule has 0 spiro atoms. The Morgan fingerprint density at radius 3 is 2.27 bits per heavy atom. The topological polar surface area (TPSA) is 66.9 Å². The van der Waals surface area contributed by atoms with Crippen molar-refractivity contribution in [1.82, 2.24) is 4.90 Å². The molecule has 7 heteroatoms. The lowest BCUT2D eigenvalue weighted by Gasteiger charge is -2.30. The van der Waals surface area contributed by atoms with E-state index >= 15 is 0 Å². The highest BCUT2D eigenvalue weighted by Crippen LogP contribution is 2.34. The number of anilines is 1. The first-order valence-corrected chi connectivity index (χ1v) is 8.62. The highest BCUT2D eigenvalue weighted by molar-refractivity contribution is 6.31. The lowest BCUT2D eigenvalue weighted by molar-refractivity contribution is -0.121. The lowest BCUT2D eigenvalue weighted by atomic mass is 10.1. The summed E-state index contributed by atoms with van der Waals surface area (Å²) in [4.78, 5) is 39.8. The van der Waals surface area contributed by atoms with E-state index in [4.69, 9.17) is 16.3 Å². The zero-order valence-corrected chi connectivity index (χ0v) is 14.5. The monoisotopic (exact) mass is 370 g/mol. The maximum atomic E-state index is 12.4. The Bertz CT molecular complexity index is 893. The second kappa shape index (κ2) is 6.46. The summed E-state index contributed by atoms with van der Waals surface area (Å²) in [5, 5.41) is 0.507. The number of imide groups is 1. The number of carbonyl (C=O) groups excluding carboxylic acids is 3. The first-order valence-electron chi connectivity index (χ1n) is 8.24. The van der Waals surface area contributed by atoms with Gasteiger partial charge in [-0.25, -0.2) is 0 Å². The van der Waals surface area contributed by atoms with Crippen molar-refractivity contribution in [3.05, 3.63) is 58.6 Å². The minimum absolute atomic E-state index is 0.0400. The van der Waals surface area contributed by atoms with Crippen molar-refractivity contribution in [2.24, 2.45) is 0 Å². The van der Waals surface area contributed by atoms with E-state index in [1.54, 1.807) is 47.4 Å². The quantitative estimate of drug-likeness (QED) is 0.776. The highest BCUT2D eigenvalue weighted by Gasteiger charge is 2.35. The van der Waals surface area contributed by atoms with Gasteiger partial charge in [0.25, 0.3) is 17.7 Å². The first-order chi connectivity index (χ1) is 12.6. The molecule has 0 saturated carbocycles. The van der Waals surface area contributed by atoms with Crippen LogP contribution in [-0.4, -0.2) is 42.3 Å². The fourth-order valence-corrected chi connectivity index (χ4v) is 3.42. The SMILES string of the molecule is O=C1c2ccccc2C(=O)N1CCCN1C(=O)COc2ccc(Cl)cc21. The molecule has 2 aliphatic rings. The van der Waals surface area contributed by atoms with E-state index in [0.717, 1.165) is 0 Å². The van der Waals surface area contributed by atoms with Crippen LogP contribution >= 0.6 is 11.6 Å². The number of rotatable bonds is 4. The van der Waals surface area contributed by atoms with Crippen molar-refractivity contribution in [1.29, 1.82) is 0 Å². The molecular formula is C19H15ClN2O4. The molecule has 2 heterocycles. The Kier molecular flexibility index (Phi) is 4.12. The molecule has 0 aliphatic carbocycles. The Hall–Kier alpha value is -2.86. The number of benzene rings is 2. The summed E-state index contributed by atoms with van der Waals surface area (Å²) in [7, 11) is 0. The molecule has 0 saturated heterocycles. The summed E-state index contributed by atoms with van der Waals surface area (Å²) >= 11 is 6.03. The number of hydrogen-bond donors (Lipinski definition) is 0. The zero-order valence-electron chi connectivity index (χ0n) is 13.8. The largest absolute Gasteiger partial charge is 0.482 e. The molecule has 0 bridgehead atoms. The van der Waals surface area contributed by atoms with Crippen molar-refractivity contribution in [2.75, 3.05) is 24.6 Å². The standard InChI is InChI=1S/C19H15ClN2O4/c20-12-6-7-16-15(10-12)21(17(23)11-26-16)8-3-9-22-18(24)13-4-1-2-5-14(13)19(22)25/h1-2,4-7,10H,3,8-9,11H2. The van der Waals surface area contributed by atoms with Gasteiger partial charge in [-0.3, -0.25) is 19.3 Å². The number of hydrogen-bond acceptors (Lipinski definition) is 4. The van der Waals surface area contributed by atoms with Crippen LogP contribution in [0.1, 0.15) is 27.1 Å². The number of carbonyl (C=O) groups is 3. The Balaban J connectivity index is 1.46. The molecule has 6 nitrogen and oxygen atoms in total. The molecule has 0 unspecified atom stereocenters. The molecule has 132 valence electrons. The van der Waals surface area contributed by atoms with E-state index in [1.165, 1.54) is 4.90 Å². The third-order valence-electron chi connectivity index (χ3n) is 4.51. The van der Waals surface area contributed by atoms with Crippen LogP contribution in [0, 0.1) is 0 Å². The van der Waals surface area contributed by atoms with Crippen LogP contribution in [-0.2, 0) is 4.79 Å². The maximum Gasteiger partial charge on any atom is 0.265 e. The Labute approximate surface area is 154 Å². The minimum atomic E-state index is -0.289. The molecular weight excluding hydrogens is 356 g/mol. The normalized spacial score (nSPS) is 15.8. The van der Waals surface area contributed by atoms with Crippen LogP contribution in [0.2, 0.25) is 5.02 Å². The van der Waals surface area contributed by atoms with Crippen molar-refractivity contribution in [3.63, 3.8) is 0 Å². The van der Waals surface area contributed by atoms with Crippen molar-refractivity contribution >= 4 is 35.0 Å². The van der Waals surface area contributed by atoms with E-state index in [1.807, 2.05) is 0 Å². The predicted octanol–water partition coefficient (Wildman–Crippen LogP) is 2.75. The fraction of sp³-hybridized carbons (Fsp3) is 0.211. The number of nitrogens with zero attached hydrogens (tertiary/aromatic N) is 2. The summed E-state index contributed by atoms with van der Waals surface area (Å²) in [6.45, 7) is 0.567. The molecule has 0 aromatic heterocycles. The summed E-state index contributed by atoms with van der Waals surface area (Å²) in [5.74, 6) is -0.165. The van der Waals surface area contributed by atoms with Crippen LogP contribution in [0.4, 0.5) is 5.69 Å². The van der Waals surface area contributed by atoms with Gasteiger partial charge in [0.1, 0.15) is 5.75 Å². The smallest absolute Gasteiger partial charge is 0.265 e. The maximum absolute atomic E-state index is 12.4. The van der Waals surface area contributed by atoms with Gasteiger partial charge in [-0.15, -0.1) is 0 Å². The number of halogens is 1. The number of fused-ring (bicyclic) bond motifs is 2.